The van der Waals surface area contributed by atoms with Crippen LogP contribution in [0.2, 0.25) is 0 Å². The molecule has 0 radical (unpaired) electrons. The molecule has 0 bridgehead atoms. The van der Waals surface area contributed by atoms with Crippen LogP contribution < -0.4 is 22.5 Å². The molecule has 2 amide bonds. The van der Waals surface area contributed by atoms with Crippen LogP contribution in [0.3, 0.4) is 0 Å². The highest BCUT2D eigenvalue weighted by Gasteiger charge is 2.49. The fraction of sp³-hybridized carbons (Fsp3) is 0.533. The Kier molecular flexibility index (Phi) is 6.69. The fourth-order valence-corrected chi connectivity index (χ4v) is 2.88. The molecule has 2 rings (SSSR count). The van der Waals surface area contributed by atoms with Crippen molar-refractivity contribution in [3.05, 3.63) is 11.8 Å². The van der Waals surface area contributed by atoms with Crippen molar-refractivity contribution < 1.29 is 42.9 Å². The van der Waals surface area contributed by atoms with Crippen LogP contribution in [0.1, 0.15) is 6.92 Å². The van der Waals surface area contributed by atoms with Gasteiger partial charge in [0.2, 0.25) is 11.7 Å². The second kappa shape index (κ2) is 8.99. The van der Waals surface area contributed by atoms with E-state index in [1.54, 1.807) is 0 Å². The van der Waals surface area contributed by atoms with Gasteiger partial charge < -0.3 is 46.2 Å². The minimum Gasteiger partial charge on any atom is -0.477 e. The molecule has 160 valence electrons. The van der Waals surface area contributed by atoms with Crippen molar-refractivity contribution in [1.82, 2.24) is 5.32 Å². The first kappa shape index (κ1) is 21.6. The van der Waals surface area contributed by atoms with Crippen molar-refractivity contribution in [2.75, 3.05) is 13.7 Å². The van der Waals surface area contributed by atoms with Gasteiger partial charge in [0, 0.05) is 6.92 Å². The van der Waals surface area contributed by atoms with Crippen molar-refractivity contribution in [2.45, 2.75) is 37.3 Å². The number of nitrogens with two attached hydrogens (primary N) is 3. The van der Waals surface area contributed by atoms with E-state index in [9.17, 15) is 19.2 Å². The van der Waals surface area contributed by atoms with Gasteiger partial charge in [-0.15, -0.1) is 0 Å². The summed E-state index contributed by atoms with van der Waals surface area (Å²) in [5.74, 6) is -2.07. The molecule has 0 aromatic heterocycles. The molecular formula is C15H21N5O9. The quantitative estimate of drug-likeness (QED) is 0.155. The SMILES string of the molecule is COC(=O)C1=C[C@H](N=C(N)N)[C@H](NC(C)=O)[C@H]([C@H](OC(N)=O)[C@H]2COC(=O)O2)O1. The molecule has 7 N–H and O–H groups in total. The maximum Gasteiger partial charge on any atom is 0.508 e. The number of esters is 1. The molecular weight excluding hydrogens is 394 g/mol. The van der Waals surface area contributed by atoms with Gasteiger partial charge in [-0.05, 0) is 6.08 Å². The zero-order valence-electron chi connectivity index (χ0n) is 15.5. The zero-order chi connectivity index (χ0) is 21.7. The number of aliphatic imine (C=N–C) groups is 1. The number of hydrogen-bond donors (Lipinski definition) is 4. The van der Waals surface area contributed by atoms with E-state index in [4.69, 9.17) is 36.1 Å². The number of carbonyl (C=O) groups excluding carboxylic acids is 4. The summed E-state index contributed by atoms with van der Waals surface area (Å²) in [5.41, 5.74) is 16.0. The van der Waals surface area contributed by atoms with Crippen LogP contribution in [0.25, 0.3) is 0 Å². The summed E-state index contributed by atoms with van der Waals surface area (Å²) in [6.07, 6.45) is -4.85. The van der Waals surface area contributed by atoms with E-state index in [0.29, 0.717) is 0 Å². The number of rotatable bonds is 6. The molecule has 5 atom stereocenters. The van der Waals surface area contributed by atoms with Crippen molar-refractivity contribution in [2.24, 2.45) is 22.2 Å². The van der Waals surface area contributed by atoms with Gasteiger partial charge in [-0.2, -0.15) is 0 Å². The third-order valence-corrected chi connectivity index (χ3v) is 3.92. The van der Waals surface area contributed by atoms with E-state index in [-0.39, 0.29) is 18.3 Å². The first-order chi connectivity index (χ1) is 13.6. The predicted molar refractivity (Wildman–Crippen MR) is 92.9 cm³/mol. The van der Waals surface area contributed by atoms with E-state index in [1.165, 1.54) is 13.0 Å². The Morgan fingerprint density at radius 3 is 2.45 bits per heavy atom. The van der Waals surface area contributed by atoms with Gasteiger partial charge in [0.25, 0.3) is 0 Å². The number of amides is 2. The number of methoxy groups -OCH3 is 1. The number of carbonyl (C=O) groups is 4. The molecule has 14 heteroatoms. The summed E-state index contributed by atoms with van der Waals surface area (Å²) >= 11 is 0. The fourth-order valence-electron chi connectivity index (χ4n) is 2.88. The summed E-state index contributed by atoms with van der Waals surface area (Å²) in [4.78, 5) is 50.6. The summed E-state index contributed by atoms with van der Waals surface area (Å²) in [7, 11) is 1.11. The molecule has 0 aliphatic carbocycles. The number of nitrogens with zero attached hydrogens (tertiary/aromatic N) is 1. The largest absolute Gasteiger partial charge is 0.508 e. The third-order valence-electron chi connectivity index (χ3n) is 3.92. The van der Waals surface area contributed by atoms with Crippen LogP contribution in [0.5, 0.6) is 0 Å². The first-order valence-corrected chi connectivity index (χ1v) is 8.24. The highest BCUT2D eigenvalue weighted by atomic mass is 16.8. The monoisotopic (exact) mass is 415 g/mol. The molecule has 0 aromatic carbocycles. The smallest absolute Gasteiger partial charge is 0.477 e. The molecule has 0 saturated carbocycles. The van der Waals surface area contributed by atoms with Gasteiger partial charge in [0.1, 0.15) is 6.61 Å². The summed E-state index contributed by atoms with van der Waals surface area (Å²) in [5, 5.41) is 2.56. The molecule has 2 aliphatic heterocycles. The van der Waals surface area contributed by atoms with Gasteiger partial charge in [-0.3, -0.25) is 4.79 Å². The van der Waals surface area contributed by atoms with Crippen LogP contribution in [0.15, 0.2) is 16.8 Å². The Morgan fingerprint density at radius 1 is 1.28 bits per heavy atom. The normalized spacial score (nSPS) is 26.6. The highest BCUT2D eigenvalue weighted by molar-refractivity contribution is 5.87. The molecule has 14 nitrogen and oxygen atoms in total. The van der Waals surface area contributed by atoms with Crippen molar-refractivity contribution in [3.8, 4) is 0 Å². The standard InChI is InChI=1S/C15H21N5O9/c1-5(21)19-9-6(20-13(16)17)3-7(12(22)25-2)27-11(9)10(29-14(18)23)8-4-26-15(24)28-8/h3,6,8-11H,4H2,1-2H3,(H2,18,23)(H,19,21)(H4,16,17,20)/t6-,8+,9-,10+,11+/m0/s1. The van der Waals surface area contributed by atoms with E-state index in [1.807, 2.05) is 0 Å². The van der Waals surface area contributed by atoms with Gasteiger partial charge in [-0.25, -0.2) is 19.4 Å². The number of nitrogens with one attached hydrogen (secondary N) is 1. The second-order valence-corrected chi connectivity index (χ2v) is 5.99. The van der Waals surface area contributed by atoms with Crippen LogP contribution in [-0.4, -0.2) is 74.2 Å². The number of guanidine groups is 1. The third kappa shape index (κ3) is 5.40. The molecule has 2 aliphatic rings. The summed E-state index contributed by atoms with van der Waals surface area (Å²) < 4.78 is 25.0. The summed E-state index contributed by atoms with van der Waals surface area (Å²) in [6, 6.07) is -2.07. The molecule has 2 heterocycles. The van der Waals surface area contributed by atoms with Crippen LogP contribution in [0, 0.1) is 0 Å². The van der Waals surface area contributed by atoms with Crippen molar-refractivity contribution in [3.63, 3.8) is 0 Å². The van der Waals surface area contributed by atoms with E-state index in [2.05, 4.69) is 15.0 Å². The van der Waals surface area contributed by atoms with Crippen LogP contribution >= 0.6 is 0 Å². The summed E-state index contributed by atoms with van der Waals surface area (Å²) in [6.45, 7) is 0.916. The minimum atomic E-state index is -1.39. The number of primary amides is 1. The Morgan fingerprint density at radius 2 is 1.97 bits per heavy atom. The van der Waals surface area contributed by atoms with Gasteiger partial charge >= 0.3 is 18.2 Å². The van der Waals surface area contributed by atoms with E-state index < -0.39 is 54.5 Å². The predicted octanol–water partition coefficient (Wildman–Crippen LogP) is -2.41. The molecule has 29 heavy (non-hydrogen) atoms. The number of ether oxygens (including phenoxy) is 5. The Hall–Kier alpha value is -3.71. The Balaban J connectivity index is 2.51. The van der Waals surface area contributed by atoms with E-state index >= 15 is 0 Å². The van der Waals surface area contributed by atoms with Gasteiger partial charge in [0.15, 0.2) is 24.3 Å². The highest BCUT2D eigenvalue weighted by Crippen LogP contribution is 2.29. The van der Waals surface area contributed by atoms with Gasteiger partial charge in [-0.1, -0.05) is 0 Å². The lowest BCUT2D eigenvalue weighted by molar-refractivity contribution is -0.147. The second-order valence-electron chi connectivity index (χ2n) is 5.99. The van der Waals surface area contributed by atoms with E-state index in [0.717, 1.165) is 7.11 Å². The van der Waals surface area contributed by atoms with Crippen molar-refractivity contribution >= 4 is 30.1 Å². The molecule has 1 fully saturated rings. The minimum absolute atomic E-state index is 0.298. The first-order valence-electron chi connectivity index (χ1n) is 8.24. The lowest BCUT2D eigenvalue weighted by Gasteiger charge is -2.39. The lowest BCUT2D eigenvalue weighted by Crippen LogP contribution is -2.61. The maximum absolute atomic E-state index is 12.0. The average molecular weight is 415 g/mol. The van der Waals surface area contributed by atoms with Crippen LogP contribution in [-0.2, 0) is 33.3 Å². The molecule has 0 spiro atoms. The van der Waals surface area contributed by atoms with Crippen LogP contribution in [0.4, 0.5) is 9.59 Å². The molecule has 1 saturated heterocycles. The van der Waals surface area contributed by atoms with Crippen molar-refractivity contribution in [1.29, 1.82) is 0 Å². The Bertz CT molecular complexity index is 748. The average Bonchev–Trinajstić information content (AvgIpc) is 3.05. The van der Waals surface area contributed by atoms with Gasteiger partial charge in [0.05, 0.1) is 19.2 Å². The number of cyclic esters (lactones) is 2. The molecule has 0 aromatic rings. The topological polar surface area (TPSA) is 217 Å². The lowest BCUT2D eigenvalue weighted by atomic mass is 9.92. The maximum atomic E-state index is 12.0. The number of hydrogen-bond acceptors (Lipinski definition) is 10. The Labute approximate surface area is 164 Å². The zero-order valence-corrected chi connectivity index (χ0v) is 15.5. The molecule has 0 unspecified atom stereocenters.